The second-order valence-electron chi connectivity index (χ2n) is 8.05. The van der Waals surface area contributed by atoms with E-state index >= 15 is 0 Å². The molecule has 1 amide bonds. The summed E-state index contributed by atoms with van der Waals surface area (Å²) in [4.78, 5) is 16.3. The van der Waals surface area contributed by atoms with Gasteiger partial charge in [0.15, 0.2) is 5.96 Å². The van der Waals surface area contributed by atoms with Gasteiger partial charge in [-0.25, -0.2) is 9.38 Å². The number of nitrogens with one attached hydrogen (secondary N) is 2. The van der Waals surface area contributed by atoms with Crippen LogP contribution in [0.2, 0.25) is 0 Å². The van der Waals surface area contributed by atoms with Gasteiger partial charge in [-0.3, -0.25) is 10.1 Å². The van der Waals surface area contributed by atoms with Crippen molar-refractivity contribution in [1.29, 1.82) is 0 Å². The summed E-state index contributed by atoms with van der Waals surface area (Å²) in [6.07, 6.45) is 5.54. The van der Waals surface area contributed by atoms with E-state index < -0.39 is 0 Å². The van der Waals surface area contributed by atoms with Crippen molar-refractivity contribution < 1.29 is 9.18 Å². The standard InChI is InChI=1S/C22H23FN6O/c1-22(2,14-4-6-15(23)7-5-14)12-25-19-10-9-17(28-29-19)13-3-8-16-18(11-13)26-21(24)27-20(16)30/h3-11,16,18H,12H2,1-2H3,(H,25,29)(H3,24,26,27,30). The minimum atomic E-state index is -0.358. The number of amides is 1. The lowest BCUT2D eigenvalue weighted by Gasteiger charge is -2.26. The summed E-state index contributed by atoms with van der Waals surface area (Å²) >= 11 is 0. The number of guanidine groups is 1. The van der Waals surface area contributed by atoms with E-state index in [4.69, 9.17) is 5.73 Å². The van der Waals surface area contributed by atoms with E-state index in [-0.39, 0.29) is 35.1 Å². The molecule has 2 aliphatic rings. The molecule has 2 atom stereocenters. The topological polar surface area (TPSA) is 105 Å². The number of hydrogen-bond donors (Lipinski definition) is 3. The molecule has 2 unspecified atom stereocenters. The van der Waals surface area contributed by atoms with Gasteiger partial charge in [0, 0.05) is 12.0 Å². The molecule has 4 rings (SSSR count). The highest BCUT2D eigenvalue weighted by atomic mass is 19.1. The number of aromatic nitrogens is 2. The van der Waals surface area contributed by atoms with Crippen molar-refractivity contribution in [3.8, 4) is 0 Å². The first-order chi connectivity index (χ1) is 14.3. The van der Waals surface area contributed by atoms with E-state index in [1.165, 1.54) is 12.1 Å². The summed E-state index contributed by atoms with van der Waals surface area (Å²) in [5.41, 5.74) is 8.01. The molecule has 7 nitrogen and oxygen atoms in total. The molecule has 0 bridgehead atoms. The normalized spacial score (nSPS) is 20.7. The summed E-state index contributed by atoms with van der Waals surface area (Å²) in [6.45, 7) is 4.77. The SMILES string of the molecule is CC(C)(CNc1ccc(C2=CC3N=C(N)NC(=O)C3C=C2)nn1)c1ccc(F)cc1. The molecule has 0 spiro atoms. The van der Waals surface area contributed by atoms with Crippen molar-refractivity contribution in [2.75, 3.05) is 11.9 Å². The molecule has 2 heterocycles. The minimum Gasteiger partial charge on any atom is -0.370 e. The third-order valence-corrected chi connectivity index (χ3v) is 5.34. The monoisotopic (exact) mass is 406 g/mol. The van der Waals surface area contributed by atoms with E-state index in [9.17, 15) is 9.18 Å². The lowest BCUT2D eigenvalue weighted by atomic mass is 9.84. The van der Waals surface area contributed by atoms with Crippen molar-refractivity contribution in [3.63, 3.8) is 0 Å². The molecule has 4 N–H and O–H groups in total. The third-order valence-electron chi connectivity index (χ3n) is 5.34. The Hall–Kier alpha value is -3.55. The summed E-state index contributed by atoms with van der Waals surface area (Å²) < 4.78 is 13.2. The Kier molecular flexibility index (Phi) is 5.07. The molecule has 1 aromatic carbocycles. The number of anilines is 1. The highest BCUT2D eigenvalue weighted by Crippen LogP contribution is 2.27. The zero-order valence-electron chi connectivity index (χ0n) is 16.8. The maximum Gasteiger partial charge on any atom is 0.236 e. The van der Waals surface area contributed by atoms with Crippen LogP contribution in [-0.4, -0.2) is 34.7 Å². The Morgan fingerprint density at radius 2 is 1.93 bits per heavy atom. The van der Waals surface area contributed by atoms with Crippen LogP contribution >= 0.6 is 0 Å². The second kappa shape index (κ2) is 7.70. The van der Waals surface area contributed by atoms with E-state index in [2.05, 4.69) is 39.7 Å². The lowest BCUT2D eigenvalue weighted by molar-refractivity contribution is -0.122. The van der Waals surface area contributed by atoms with Gasteiger partial charge in [0.05, 0.1) is 17.7 Å². The molecule has 30 heavy (non-hydrogen) atoms. The Labute approximate surface area is 174 Å². The maximum atomic E-state index is 13.2. The highest BCUT2D eigenvalue weighted by Gasteiger charge is 2.31. The second-order valence-corrected chi connectivity index (χ2v) is 8.05. The number of nitrogens with two attached hydrogens (primary N) is 1. The summed E-state index contributed by atoms with van der Waals surface area (Å²) in [5, 5.41) is 14.4. The summed E-state index contributed by atoms with van der Waals surface area (Å²) in [5.74, 6) is 0.00809. The largest absolute Gasteiger partial charge is 0.370 e. The Balaban J connectivity index is 1.44. The van der Waals surface area contributed by atoms with Gasteiger partial charge in [-0.1, -0.05) is 38.1 Å². The number of hydrogen-bond acceptors (Lipinski definition) is 6. The van der Waals surface area contributed by atoms with E-state index in [1.54, 1.807) is 12.1 Å². The first kappa shape index (κ1) is 19.8. The number of fused-ring (bicyclic) bond motifs is 1. The molecule has 0 fully saturated rings. The predicted molar refractivity (Wildman–Crippen MR) is 114 cm³/mol. The van der Waals surface area contributed by atoms with Gasteiger partial charge in [0.1, 0.15) is 11.6 Å². The van der Waals surface area contributed by atoms with Gasteiger partial charge in [-0.15, -0.1) is 10.2 Å². The van der Waals surface area contributed by atoms with Crippen LogP contribution in [0.3, 0.4) is 0 Å². The molecule has 1 aromatic heterocycles. The van der Waals surface area contributed by atoms with Gasteiger partial charge >= 0.3 is 0 Å². The van der Waals surface area contributed by atoms with Gasteiger partial charge < -0.3 is 11.1 Å². The maximum absolute atomic E-state index is 13.2. The van der Waals surface area contributed by atoms with Crippen molar-refractivity contribution in [3.05, 3.63) is 71.7 Å². The number of carbonyl (C=O) groups is 1. The van der Waals surface area contributed by atoms with Crippen LogP contribution in [-0.2, 0) is 10.2 Å². The van der Waals surface area contributed by atoms with Crippen molar-refractivity contribution in [1.82, 2.24) is 15.5 Å². The lowest BCUT2D eigenvalue weighted by Crippen LogP contribution is -2.48. The Morgan fingerprint density at radius 1 is 1.17 bits per heavy atom. The molecular weight excluding hydrogens is 383 g/mol. The van der Waals surface area contributed by atoms with Crippen molar-refractivity contribution >= 4 is 23.3 Å². The van der Waals surface area contributed by atoms with E-state index in [0.29, 0.717) is 18.1 Å². The summed E-state index contributed by atoms with van der Waals surface area (Å²) in [6, 6.07) is 9.91. The zero-order chi connectivity index (χ0) is 21.3. The molecule has 0 radical (unpaired) electrons. The number of benzene rings is 1. The van der Waals surface area contributed by atoms with E-state index in [0.717, 1.165) is 11.1 Å². The van der Waals surface area contributed by atoms with Crippen LogP contribution in [0.4, 0.5) is 10.2 Å². The number of rotatable bonds is 5. The van der Waals surface area contributed by atoms with Crippen LogP contribution in [0.1, 0.15) is 25.1 Å². The average molecular weight is 406 g/mol. The number of nitrogens with zero attached hydrogens (tertiary/aromatic N) is 3. The molecule has 1 aliphatic heterocycles. The van der Waals surface area contributed by atoms with Crippen LogP contribution in [0.15, 0.2) is 59.6 Å². The molecule has 2 aromatic rings. The molecule has 8 heteroatoms. The smallest absolute Gasteiger partial charge is 0.236 e. The minimum absolute atomic E-state index is 0.126. The van der Waals surface area contributed by atoms with E-state index in [1.807, 2.05) is 30.4 Å². The van der Waals surface area contributed by atoms with Crippen LogP contribution < -0.4 is 16.4 Å². The van der Waals surface area contributed by atoms with Gasteiger partial charge in [-0.2, -0.15) is 0 Å². The zero-order valence-corrected chi connectivity index (χ0v) is 16.8. The number of allylic oxidation sites excluding steroid dienone is 2. The molecule has 154 valence electrons. The quantitative estimate of drug-likeness (QED) is 0.707. The number of carbonyl (C=O) groups excluding carboxylic acids is 1. The fourth-order valence-corrected chi connectivity index (χ4v) is 3.49. The fraction of sp³-hybridized carbons (Fsp3) is 0.273. The van der Waals surface area contributed by atoms with Crippen molar-refractivity contribution in [2.24, 2.45) is 16.6 Å². The fourth-order valence-electron chi connectivity index (χ4n) is 3.49. The van der Waals surface area contributed by atoms with Crippen LogP contribution in [0.5, 0.6) is 0 Å². The first-order valence-corrected chi connectivity index (χ1v) is 9.70. The first-order valence-electron chi connectivity index (χ1n) is 9.70. The predicted octanol–water partition coefficient (Wildman–Crippen LogP) is 2.39. The number of halogens is 1. The van der Waals surface area contributed by atoms with Crippen molar-refractivity contribution in [2.45, 2.75) is 25.3 Å². The van der Waals surface area contributed by atoms with Gasteiger partial charge in [-0.05, 0) is 41.5 Å². The third kappa shape index (κ3) is 4.07. The Bertz CT molecular complexity index is 1040. The molecule has 0 saturated heterocycles. The molecule has 1 aliphatic carbocycles. The molecular formula is C22H23FN6O. The van der Waals surface area contributed by atoms with Crippen LogP contribution in [0.25, 0.3) is 5.57 Å². The highest BCUT2D eigenvalue weighted by molar-refractivity contribution is 6.01. The molecule has 0 saturated carbocycles. The average Bonchev–Trinajstić information content (AvgIpc) is 2.72. The number of aliphatic imine (C=N–C) groups is 1. The van der Waals surface area contributed by atoms with Gasteiger partial charge in [0.2, 0.25) is 5.91 Å². The Morgan fingerprint density at radius 3 is 2.63 bits per heavy atom. The van der Waals surface area contributed by atoms with Gasteiger partial charge in [0.25, 0.3) is 0 Å². The van der Waals surface area contributed by atoms with Crippen LogP contribution in [0, 0.1) is 11.7 Å². The summed E-state index contributed by atoms with van der Waals surface area (Å²) in [7, 11) is 0.